The van der Waals surface area contributed by atoms with E-state index in [2.05, 4.69) is 35.9 Å². The van der Waals surface area contributed by atoms with Crippen molar-refractivity contribution in [3.63, 3.8) is 0 Å². The summed E-state index contributed by atoms with van der Waals surface area (Å²) in [5.74, 6) is 1.04. The molecule has 4 heteroatoms. The van der Waals surface area contributed by atoms with Gasteiger partial charge >= 0.3 is 5.97 Å². The van der Waals surface area contributed by atoms with Crippen molar-refractivity contribution >= 4 is 11.8 Å². The highest BCUT2D eigenvalue weighted by Gasteiger charge is 2.09. The van der Waals surface area contributed by atoms with Gasteiger partial charge in [0.2, 0.25) is 0 Å². The minimum absolute atomic E-state index is 0.103. The minimum atomic E-state index is -0.103. The van der Waals surface area contributed by atoms with E-state index in [1.165, 1.54) is 57.6 Å². The molecule has 0 aliphatic heterocycles. The molecule has 186 valence electrons. The highest BCUT2D eigenvalue weighted by atomic mass is 16.5. The molecule has 1 aromatic rings. The van der Waals surface area contributed by atoms with Crippen LogP contribution in [0.4, 0.5) is 0 Å². The van der Waals surface area contributed by atoms with Gasteiger partial charge in [0, 0.05) is 19.3 Å². The van der Waals surface area contributed by atoms with Gasteiger partial charge in [0.1, 0.15) is 17.6 Å². The number of carbonyl (C=O) groups excluding carboxylic acids is 2. The van der Waals surface area contributed by atoms with Gasteiger partial charge in [0.05, 0.1) is 7.11 Å². The first-order valence-corrected chi connectivity index (χ1v) is 13.0. The molecule has 0 heterocycles. The van der Waals surface area contributed by atoms with Crippen molar-refractivity contribution in [3.05, 3.63) is 42.0 Å². The van der Waals surface area contributed by atoms with Crippen molar-refractivity contribution < 1.29 is 19.1 Å². The fraction of sp³-hybridized carbons (Fsp3) is 0.655. The van der Waals surface area contributed by atoms with E-state index in [0.717, 1.165) is 44.3 Å². The van der Waals surface area contributed by atoms with Gasteiger partial charge in [-0.15, -0.1) is 0 Å². The smallest absolute Gasteiger partial charge is 0.305 e. The van der Waals surface area contributed by atoms with E-state index >= 15 is 0 Å². The monoisotopic (exact) mass is 458 g/mol. The van der Waals surface area contributed by atoms with Gasteiger partial charge in [0.25, 0.3) is 0 Å². The summed E-state index contributed by atoms with van der Waals surface area (Å²) in [5, 5.41) is 0. The van der Waals surface area contributed by atoms with Crippen LogP contribution < -0.4 is 4.74 Å². The molecule has 0 saturated heterocycles. The van der Waals surface area contributed by atoms with Crippen molar-refractivity contribution in [1.82, 2.24) is 0 Å². The molecule has 0 aliphatic rings. The number of hydrogen-bond acceptors (Lipinski definition) is 4. The second-order valence-corrected chi connectivity index (χ2v) is 9.02. The first kappa shape index (κ1) is 28.9. The molecule has 1 unspecified atom stereocenters. The van der Waals surface area contributed by atoms with E-state index < -0.39 is 0 Å². The first-order valence-electron chi connectivity index (χ1n) is 13.0. The van der Waals surface area contributed by atoms with Crippen LogP contribution in [0.5, 0.6) is 5.75 Å². The van der Waals surface area contributed by atoms with Crippen molar-refractivity contribution in [2.45, 2.75) is 116 Å². The molecule has 1 rings (SSSR count). The lowest BCUT2D eigenvalue weighted by Gasteiger charge is -2.18. The lowest BCUT2D eigenvalue weighted by Crippen LogP contribution is -2.15. The molecule has 4 nitrogen and oxygen atoms in total. The molecule has 1 atom stereocenters. The Morgan fingerprint density at radius 3 is 2.27 bits per heavy atom. The average Bonchev–Trinajstić information content (AvgIpc) is 2.82. The maximum Gasteiger partial charge on any atom is 0.305 e. The number of carbonyl (C=O) groups is 2. The summed E-state index contributed by atoms with van der Waals surface area (Å²) < 4.78 is 11.0. The molecule has 0 bridgehead atoms. The first-order chi connectivity index (χ1) is 16.0. The van der Waals surface area contributed by atoms with Crippen LogP contribution in [0.15, 0.2) is 36.4 Å². The van der Waals surface area contributed by atoms with Crippen molar-refractivity contribution in [2.75, 3.05) is 7.11 Å². The molecule has 0 amide bonds. The molecule has 0 spiro atoms. The zero-order valence-corrected chi connectivity index (χ0v) is 21.3. The maximum absolute atomic E-state index is 11.2. The lowest BCUT2D eigenvalue weighted by molar-refractivity contribution is -0.140. The zero-order valence-electron chi connectivity index (χ0n) is 21.3. The molecular weight excluding hydrogens is 412 g/mol. The Labute approximate surface area is 202 Å². The topological polar surface area (TPSA) is 52.6 Å². The van der Waals surface area contributed by atoms with Crippen molar-refractivity contribution in [1.29, 1.82) is 0 Å². The van der Waals surface area contributed by atoms with Crippen molar-refractivity contribution in [2.24, 2.45) is 0 Å². The Balaban J connectivity index is 2.35. The van der Waals surface area contributed by atoms with Crippen LogP contribution >= 0.6 is 0 Å². The Morgan fingerprint density at radius 2 is 1.58 bits per heavy atom. The number of aryl methyl sites for hydroxylation is 1. The number of allylic oxidation sites excluding steroid dienone is 1. The number of ketones is 1. The summed E-state index contributed by atoms with van der Waals surface area (Å²) >= 11 is 0. The molecular formula is C29H46O4. The predicted molar refractivity (Wildman–Crippen MR) is 137 cm³/mol. The number of methoxy groups -OCH3 is 1. The standard InChI is InChI=1S/C29H46O4/c1-4-5-6-13-16-27(33-28-23-21-26(22-24-28)20-19-25(2)30)17-14-11-9-7-8-10-12-15-18-29(31)32-3/h11,14,21-24,27H,4-10,12-13,15-20H2,1-3H3/b14-11-. The van der Waals surface area contributed by atoms with Crippen LogP contribution in [0.2, 0.25) is 0 Å². The third-order valence-electron chi connectivity index (χ3n) is 5.92. The Kier molecular flexibility index (Phi) is 17.0. The molecule has 0 radical (unpaired) electrons. The van der Waals surface area contributed by atoms with E-state index in [0.29, 0.717) is 12.8 Å². The van der Waals surface area contributed by atoms with E-state index in [1.807, 2.05) is 12.1 Å². The van der Waals surface area contributed by atoms with Gasteiger partial charge in [-0.1, -0.05) is 69.7 Å². The molecule has 0 N–H and O–H groups in total. The summed E-state index contributed by atoms with van der Waals surface area (Å²) in [7, 11) is 1.45. The number of esters is 1. The SMILES string of the molecule is CCCCCCC(C/C=C\CCCCCCCC(=O)OC)Oc1ccc(CCC(C)=O)cc1. The van der Waals surface area contributed by atoms with Crippen LogP contribution in [0, 0.1) is 0 Å². The van der Waals surface area contributed by atoms with Gasteiger partial charge in [-0.3, -0.25) is 4.79 Å². The summed E-state index contributed by atoms with van der Waals surface area (Å²) in [6, 6.07) is 8.23. The summed E-state index contributed by atoms with van der Waals surface area (Å²) in [6.07, 6.45) is 20.4. The maximum atomic E-state index is 11.2. The minimum Gasteiger partial charge on any atom is -0.490 e. The van der Waals surface area contributed by atoms with Crippen LogP contribution in [0.3, 0.4) is 0 Å². The highest BCUT2D eigenvalue weighted by Crippen LogP contribution is 2.20. The summed E-state index contributed by atoms with van der Waals surface area (Å²) in [4.78, 5) is 22.3. The summed E-state index contributed by atoms with van der Waals surface area (Å²) in [6.45, 7) is 3.88. The predicted octanol–water partition coefficient (Wildman–Crippen LogP) is 7.78. The second kappa shape index (κ2) is 19.4. The van der Waals surface area contributed by atoms with Crippen LogP contribution in [0.1, 0.15) is 109 Å². The van der Waals surface area contributed by atoms with E-state index in [-0.39, 0.29) is 17.9 Å². The van der Waals surface area contributed by atoms with Gasteiger partial charge in [0.15, 0.2) is 0 Å². The highest BCUT2D eigenvalue weighted by molar-refractivity contribution is 5.75. The van der Waals surface area contributed by atoms with Crippen LogP contribution in [-0.2, 0) is 20.7 Å². The molecule has 33 heavy (non-hydrogen) atoms. The largest absolute Gasteiger partial charge is 0.490 e. The molecule has 0 saturated carbocycles. The summed E-state index contributed by atoms with van der Waals surface area (Å²) in [5.41, 5.74) is 1.18. The van der Waals surface area contributed by atoms with Gasteiger partial charge in [-0.25, -0.2) is 0 Å². The number of unbranched alkanes of at least 4 members (excludes halogenated alkanes) is 8. The number of rotatable bonds is 20. The van der Waals surface area contributed by atoms with E-state index in [1.54, 1.807) is 6.92 Å². The molecule has 0 aliphatic carbocycles. The zero-order chi connectivity index (χ0) is 24.2. The fourth-order valence-electron chi connectivity index (χ4n) is 3.80. The van der Waals surface area contributed by atoms with Gasteiger partial charge < -0.3 is 14.3 Å². The van der Waals surface area contributed by atoms with Crippen LogP contribution in [-0.4, -0.2) is 25.0 Å². The number of Topliss-reactive ketones (excluding diaryl/α,β-unsaturated/α-hetero) is 1. The third kappa shape index (κ3) is 16.2. The lowest BCUT2D eigenvalue weighted by atomic mass is 10.1. The average molecular weight is 459 g/mol. The molecule has 1 aromatic carbocycles. The Bertz CT molecular complexity index is 663. The van der Waals surface area contributed by atoms with Gasteiger partial charge in [-0.2, -0.15) is 0 Å². The quantitative estimate of drug-likeness (QED) is 0.114. The van der Waals surface area contributed by atoms with E-state index in [4.69, 9.17) is 4.74 Å². The normalized spacial score (nSPS) is 12.1. The van der Waals surface area contributed by atoms with Gasteiger partial charge in [-0.05, 0) is 63.1 Å². The second-order valence-electron chi connectivity index (χ2n) is 9.02. The van der Waals surface area contributed by atoms with Crippen LogP contribution in [0.25, 0.3) is 0 Å². The van der Waals surface area contributed by atoms with E-state index in [9.17, 15) is 9.59 Å². The number of ether oxygens (including phenoxy) is 2. The number of hydrogen-bond donors (Lipinski definition) is 0. The molecule has 0 fully saturated rings. The third-order valence-corrected chi connectivity index (χ3v) is 5.92. The van der Waals surface area contributed by atoms with Crippen molar-refractivity contribution in [3.8, 4) is 5.75 Å². The fourth-order valence-corrected chi connectivity index (χ4v) is 3.80. The Morgan fingerprint density at radius 1 is 0.879 bits per heavy atom. The Hall–Kier alpha value is -2.10. The number of benzene rings is 1. The molecule has 0 aromatic heterocycles.